The minimum absolute atomic E-state index is 0.0145. The second-order valence-corrected chi connectivity index (χ2v) is 19.5. The lowest BCUT2D eigenvalue weighted by Crippen LogP contribution is -3.28. The molecule has 3 unspecified atom stereocenters. The van der Waals surface area contributed by atoms with Gasteiger partial charge >= 0.3 is 5.97 Å². The number of allylic oxidation sites excluding steroid dienone is 1. The number of aliphatic hydroxyl groups excluding tert-OH is 1. The van der Waals surface area contributed by atoms with E-state index >= 15 is 0 Å². The van der Waals surface area contributed by atoms with Crippen molar-refractivity contribution in [3.63, 3.8) is 0 Å². The highest BCUT2D eigenvalue weighted by atomic mass is 16.7. The maximum atomic E-state index is 14.5. The van der Waals surface area contributed by atoms with E-state index in [9.17, 15) is 19.8 Å². The van der Waals surface area contributed by atoms with Gasteiger partial charge in [-0.3, -0.25) is 9.59 Å². The maximum absolute atomic E-state index is 14.5. The monoisotopic (exact) mass is 862 g/mol. The molecule has 0 aromatic heterocycles. The van der Waals surface area contributed by atoms with Gasteiger partial charge in [0, 0.05) is 32.2 Å². The molecule has 61 heavy (non-hydrogen) atoms. The van der Waals surface area contributed by atoms with Crippen LogP contribution in [0, 0.1) is 5.92 Å². The van der Waals surface area contributed by atoms with Crippen LogP contribution in [-0.2, 0) is 28.5 Å². The quantitative estimate of drug-likeness (QED) is 0.0413. The Morgan fingerprint density at radius 2 is 1.66 bits per heavy atom. The summed E-state index contributed by atoms with van der Waals surface area (Å²) in [4.78, 5) is 30.2. The number of nitrogens with one attached hydrogen (secondary N) is 3. The molecule has 0 aromatic carbocycles. The van der Waals surface area contributed by atoms with E-state index in [1.165, 1.54) is 41.9 Å². The average Bonchev–Trinajstić information content (AvgIpc) is 3.83. The number of ether oxygens (including phenoxy) is 4. The number of esters is 1. The van der Waals surface area contributed by atoms with E-state index in [1.807, 2.05) is 0 Å². The van der Waals surface area contributed by atoms with E-state index < -0.39 is 23.8 Å². The Bertz CT molecular complexity index is 1410. The molecular weight excluding hydrogens is 777 g/mol. The molecule has 0 aromatic rings. The summed E-state index contributed by atoms with van der Waals surface area (Å²) in [6.07, 6.45) is 26.6. The third-order valence-corrected chi connectivity index (χ3v) is 14.9. The number of aliphatic hydroxyl groups is 2. The fraction of sp³-hybridized carbons (Fsp3) is 0.915. The third kappa shape index (κ3) is 12.0. The van der Waals surface area contributed by atoms with Gasteiger partial charge in [-0.2, -0.15) is 0 Å². The first-order chi connectivity index (χ1) is 29.5. The Morgan fingerprint density at radius 1 is 0.934 bits per heavy atom. The summed E-state index contributed by atoms with van der Waals surface area (Å²) in [6, 6.07) is 0.602. The minimum atomic E-state index is -1.85. The highest BCUT2D eigenvalue weighted by molar-refractivity contribution is 5.82. The smallest absolute Gasteiger partial charge is 0.319 e. The molecule has 14 nitrogen and oxygen atoms in total. The van der Waals surface area contributed by atoms with Crippen molar-refractivity contribution >= 4 is 11.9 Å². The highest BCUT2D eigenvalue weighted by Gasteiger charge is 2.67. The van der Waals surface area contributed by atoms with Crippen molar-refractivity contribution in [1.82, 2.24) is 15.5 Å². The van der Waals surface area contributed by atoms with Crippen molar-refractivity contribution in [2.24, 2.45) is 17.4 Å². The average molecular weight is 862 g/mol. The standard InChI is InChI=1S/C47H84N6O8/c1-4-6-21-37-26-28-45(60-37)33-35-24-25-38-40(46(27-18-20-34(3)59-46)51-44(50-45)53(35)38)42(55)58-36(5-2)22-16-14-12-10-8-7-9-11-13-15-17-23-39-41(54)52(32-19-30-48)43(56)47(57,61-39)29-31-49/h6,21,34-40,43-44,50-51,56-57H,4-5,7-20,22-33,48-49H2,1-3H3/p+1/b21-6+/t34-,35+,36?,37+,38-,39-,40-,43-,44?,45+,46-,47+/m0/s1. The van der Waals surface area contributed by atoms with Crippen LogP contribution in [0.4, 0.5) is 0 Å². The fourth-order valence-corrected chi connectivity index (χ4v) is 11.8. The predicted molar refractivity (Wildman–Crippen MR) is 234 cm³/mol. The Balaban J connectivity index is 0.874. The Morgan fingerprint density at radius 3 is 2.33 bits per heavy atom. The van der Waals surface area contributed by atoms with E-state index in [4.69, 9.17) is 30.4 Å². The molecule has 1 amide bonds. The van der Waals surface area contributed by atoms with Gasteiger partial charge in [0.25, 0.3) is 5.91 Å². The zero-order valence-electron chi connectivity index (χ0n) is 38.1. The van der Waals surface area contributed by atoms with Crippen LogP contribution in [0.15, 0.2) is 12.2 Å². The summed E-state index contributed by atoms with van der Waals surface area (Å²) in [5.41, 5.74) is 10.2. The van der Waals surface area contributed by atoms with E-state index in [0.29, 0.717) is 25.4 Å². The number of carbonyl (C=O) groups is 2. The number of hydrogen-bond acceptors (Lipinski definition) is 12. The summed E-state index contributed by atoms with van der Waals surface area (Å²) >= 11 is 0. The molecule has 6 rings (SSSR count). The minimum Gasteiger partial charge on any atom is -0.462 e. The van der Waals surface area contributed by atoms with E-state index in [0.717, 1.165) is 109 Å². The summed E-state index contributed by atoms with van der Waals surface area (Å²) < 4.78 is 25.8. The zero-order valence-corrected chi connectivity index (χ0v) is 38.1. The Kier molecular flexibility index (Phi) is 18.3. The van der Waals surface area contributed by atoms with E-state index in [-0.39, 0.29) is 73.7 Å². The number of hydrogen-bond donors (Lipinski definition) is 7. The van der Waals surface area contributed by atoms with Crippen molar-refractivity contribution in [1.29, 1.82) is 0 Å². The molecule has 6 fully saturated rings. The van der Waals surface area contributed by atoms with Crippen molar-refractivity contribution in [2.45, 2.75) is 248 Å². The summed E-state index contributed by atoms with van der Waals surface area (Å²) in [5, 5.41) is 29.5. The number of rotatable bonds is 24. The zero-order chi connectivity index (χ0) is 43.5. The number of carbonyl (C=O) groups excluding carboxylic acids is 2. The maximum Gasteiger partial charge on any atom is 0.319 e. The molecule has 9 N–H and O–H groups in total. The second-order valence-electron chi connectivity index (χ2n) is 19.5. The predicted octanol–water partition coefficient (Wildman–Crippen LogP) is 4.35. The van der Waals surface area contributed by atoms with Crippen LogP contribution in [0.2, 0.25) is 0 Å². The molecule has 14 heteroatoms. The summed E-state index contributed by atoms with van der Waals surface area (Å²) in [7, 11) is 0. The Hall–Kier alpha value is -1.72. The highest BCUT2D eigenvalue weighted by Crippen LogP contribution is 2.43. The molecule has 13 atom stereocenters. The van der Waals surface area contributed by atoms with Crippen LogP contribution < -0.4 is 27.0 Å². The van der Waals surface area contributed by atoms with Crippen LogP contribution in [0.5, 0.6) is 0 Å². The van der Waals surface area contributed by atoms with Gasteiger partial charge in [0.2, 0.25) is 12.1 Å². The molecule has 0 bridgehead atoms. The van der Waals surface area contributed by atoms with Crippen molar-refractivity contribution in [3.8, 4) is 0 Å². The first kappa shape index (κ1) is 48.7. The molecule has 6 aliphatic heterocycles. The van der Waals surface area contributed by atoms with E-state index in [2.05, 4.69) is 43.6 Å². The van der Waals surface area contributed by atoms with Gasteiger partial charge in [0.05, 0.1) is 18.2 Å². The first-order valence-electron chi connectivity index (χ1n) is 24.9. The normalized spacial score (nSPS) is 37.9. The van der Waals surface area contributed by atoms with Crippen molar-refractivity contribution in [3.05, 3.63) is 12.2 Å². The number of amides is 1. The van der Waals surface area contributed by atoms with Crippen LogP contribution in [0.25, 0.3) is 0 Å². The van der Waals surface area contributed by atoms with Crippen molar-refractivity contribution in [2.75, 3.05) is 19.6 Å². The van der Waals surface area contributed by atoms with E-state index in [1.54, 1.807) is 0 Å². The molecule has 0 radical (unpaired) electrons. The molecule has 0 aliphatic carbocycles. The lowest BCUT2D eigenvalue weighted by atomic mass is 9.79. The molecule has 6 aliphatic rings. The molecule has 350 valence electrons. The number of unbranched alkanes of at least 4 members (excludes halogenated alkanes) is 10. The lowest BCUT2D eigenvalue weighted by molar-refractivity contribution is -0.985. The van der Waals surface area contributed by atoms with Gasteiger partial charge in [0.1, 0.15) is 29.7 Å². The second kappa shape index (κ2) is 22.9. The fourth-order valence-electron chi connectivity index (χ4n) is 11.8. The van der Waals surface area contributed by atoms with Gasteiger partial charge in [0.15, 0.2) is 12.1 Å². The van der Waals surface area contributed by atoms with Crippen LogP contribution in [0.1, 0.15) is 181 Å². The number of morpholine rings is 1. The van der Waals surface area contributed by atoms with Gasteiger partial charge in [-0.25, -0.2) is 10.6 Å². The molecule has 6 heterocycles. The van der Waals surface area contributed by atoms with Gasteiger partial charge in [-0.1, -0.05) is 90.2 Å². The number of nitrogens with zero attached hydrogens (tertiary/aromatic N) is 1. The topological polar surface area (TPSA) is 195 Å². The molecular formula is C47H85N6O8+. The molecule has 0 saturated carbocycles. The number of quaternary nitrogens is 1. The Labute approximate surface area is 366 Å². The third-order valence-electron chi connectivity index (χ3n) is 14.9. The SMILES string of the molecule is CC/C=C/[C@@H]1CC[C@]2(C[C@H]3CC[C@H]4[C@@H](C(=O)OC(CC)CCCCCCCCCCCCC[C@@H]5O[C@](O)(CCN)[C@H](O)N(CCCN)C5=O)[C@@]5(CCC[C@H](C)O5)NC(N2)[NH+]34)O1. The molecule has 6 saturated heterocycles. The van der Waals surface area contributed by atoms with Gasteiger partial charge in [-0.05, 0) is 90.6 Å². The summed E-state index contributed by atoms with van der Waals surface area (Å²) in [6.45, 7) is 7.27. The first-order valence-corrected chi connectivity index (χ1v) is 24.9. The summed E-state index contributed by atoms with van der Waals surface area (Å²) in [5.74, 6) is -2.53. The van der Waals surface area contributed by atoms with Crippen LogP contribution >= 0.6 is 0 Å². The van der Waals surface area contributed by atoms with Gasteiger partial charge < -0.3 is 50.4 Å². The van der Waals surface area contributed by atoms with Gasteiger partial charge in [-0.15, -0.1) is 0 Å². The lowest BCUT2D eigenvalue weighted by Gasteiger charge is -2.57. The van der Waals surface area contributed by atoms with Crippen LogP contribution in [0.3, 0.4) is 0 Å². The van der Waals surface area contributed by atoms with Crippen molar-refractivity contribution < 1.29 is 43.6 Å². The number of nitrogens with two attached hydrogens (primary N) is 2. The molecule has 2 spiro atoms. The van der Waals surface area contributed by atoms with Crippen LogP contribution in [-0.4, -0.2) is 113 Å². The largest absolute Gasteiger partial charge is 0.462 e.